The molecule has 2 N–H and O–H groups in total. The van der Waals surface area contributed by atoms with Gasteiger partial charge in [0.05, 0.1) is 25.2 Å². The third-order valence-corrected chi connectivity index (χ3v) is 8.55. The number of hydrogen-bond acceptors (Lipinski definition) is 7. The summed E-state index contributed by atoms with van der Waals surface area (Å²) < 4.78 is 44.4. The molecule has 1 aliphatic heterocycles. The van der Waals surface area contributed by atoms with Crippen molar-refractivity contribution in [1.29, 1.82) is 0 Å². The molecule has 0 radical (unpaired) electrons. The molecule has 1 saturated carbocycles. The molecule has 0 unspecified atom stereocenters. The summed E-state index contributed by atoms with van der Waals surface area (Å²) in [6.45, 7) is -0.373. The molecular weight excluding hydrogens is 496 g/mol. The minimum absolute atomic E-state index is 0.0120. The van der Waals surface area contributed by atoms with Crippen LogP contribution in [0.2, 0.25) is 0 Å². The number of carbonyl (C=O) groups is 1. The molecule has 2 aromatic rings. The summed E-state index contributed by atoms with van der Waals surface area (Å²) in [6, 6.07) is 16.1. The second-order valence-corrected chi connectivity index (χ2v) is 11.0. The van der Waals surface area contributed by atoms with Crippen molar-refractivity contribution in [3.05, 3.63) is 72.0 Å². The second kappa shape index (κ2) is 12.6. The minimum Gasteiger partial charge on any atom is -0.497 e. The number of benzene rings is 2. The van der Waals surface area contributed by atoms with Crippen LogP contribution in [0.1, 0.15) is 37.2 Å². The molecule has 0 saturated heterocycles. The normalized spacial score (nSPS) is 20.0. The summed E-state index contributed by atoms with van der Waals surface area (Å²) in [7, 11) is -2.35. The Morgan fingerprint density at radius 2 is 1.84 bits per heavy atom. The SMILES string of the molecule is COc1ccc(S(=O)(=O)N(CCO)CCO[C@H]2C[C@@H](c3ccccc3)C=C(C(=O)NC3CCC3)O2)cc1. The number of nitrogens with zero attached hydrogens (tertiary/aromatic N) is 1. The number of amides is 1. The molecular formula is C27H34N2O7S. The van der Waals surface area contributed by atoms with E-state index in [0.29, 0.717) is 12.2 Å². The fourth-order valence-electron chi connectivity index (χ4n) is 4.31. The lowest BCUT2D eigenvalue weighted by molar-refractivity contribution is -0.147. The zero-order chi connectivity index (χ0) is 26.3. The maximum Gasteiger partial charge on any atom is 0.286 e. The monoisotopic (exact) mass is 530 g/mol. The van der Waals surface area contributed by atoms with Gasteiger partial charge in [-0.2, -0.15) is 4.31 Å². The Morgan fingerprint density at radius 3 is 2.46 bits per heavy atom. The minimum atomic E-state index is -3.86. The Morgan fingerprint density at radius 1 is 1.11 bits per heavy atom. The summed E-state index contributed by atoms with van der Waals surface area (Å²) >= 11 is 0. The highest BCUT2D eigenvalue weighted by molar-refractivity contribution is 7.89. The van der Waals surface area contributed by atoms with Crippen LogP contribution in [0.3, 0.4) is 0 Å². The van der Waals surface area contributed by atoms with Gasteiger partial charge in [0.1, 0.15) is 5.75 Å². The molecule has 1 heterocycles. The maximum atomic E-state index is 13.1. The van der Waals surface area contributed by atoms with E-state index in [-0.39, 0.29) is 54.8 Å². The summed E-state index contributed by atoms with van der Waals surface area (Å²) in [5.74, 6) is 0.417. The largest absolute Gasteiger partial charge is 0.497 e. The van der Waals surface area contributed by atoms with Gasteiger partial charge in [0, 0.05) is 31.5 Å². The molecule has 1 fully saturated rings. The predicted octanol–water partition coefficient (Wildman–Crippen LogP) is 2.78. The van der Waals surface area contributed by atoms with Crippen molar-refractivity contribution in [2.24, 2.45) is 0 Å². The van der Waals surface area contributed by atoms with Gasteiger partial charge in [-0.1, -0.05) is 30.3 Å². The number of rotatable bonds is 12. The van der Waals surface area contributed by atoms with E-state index in [1.165, 1.54) is 23.5 Å². The third kappa shape index (κ3) is 6.89. The zero-order valence-electron chi connectivity index (χ0n) is 20.9. The van der Waals surface area contributed by atoms with Gasteiger partial charge in [-0.15, -0.1) is 0 Å². The van der Waals surface area contributed by atoms with Crippen molar-refractivity contribution in [2.45, 2.75) is 48.8 Å². The van der Waals surface area contributed by atoms with Crippen molar-refractivity contribution < 1.29 is 32.5 Å². The van der Waals surface area contributed by atoms with Crippen molar-refractivity contribution in [2.75, 3.05) is 33.4 Å². The lowest BCUT2D eigenvalue weighted by atomic mass is 9.91. The van der Waals surface area contributed by atoms with Crippen LogP contribution in [0.4, 0.5) is 0 Å². The zero-order valence-corrected chi connectivity index (χ0v) is 21.7. The molecule has 0 bridgehead atoms. The van der Waals surface area contributed by atoms with E-state index >= 15 is 0 Å². The Kier molecular flexibility index (Phi) is 9.20. The first kappa shape index (κ1) is 27.1. The average Bonchev–Trinajstić information content (AvgIpc) is 2.90. The van der Waals surface area contributed by atoms with Gasteiger partial charge < -0.3 is 24.6 Å². The van der Waals surface area contributed by atoms with Crippen molar-refractivity contribution in [3.8, 4) is 5.75 Å². The molecule has 0 aromatic heterocycles. The van der Waals surface area contributed by atoms with Crippen LogP contribution in [0.5, 0.6) is 5.75 Å². The van der Waals surface area contributed by atoms with Crippen molar-refractivity contribution in [3.63, 3.8) is 0 Å². The topological polar surface area (TPSA) is 114 Å². The van der Waals surface area contributed by atoms with E-state index in [2.05, 4.69) is 5.32 Å². The Labute approximate surface area is 218 Å². The van der Waals surface area contributed by atoms with Gasteiger partial charge in [0.15, 0.2) is 5.76 Å². The molecule has 2 aromatic carbocycles. The molecule has 4 rings (SSSR count). The van der Waals surface area contributed by atoms with Crippen molar-refractivity contribution >= 4 is 15.9 Å². The summed E-state index contributed by atoms with van der Waals surface area (Å²) in [4.78, 5) is 12.9. The fraction of sp³-hybridized carbons (Fsp3) is 0.444. The average molecular weight is 531 g/mol. The number of aliphatic hydroxyl groups is 1. The van der Waals surface area contributed by atoms with Gasteiger partial charge in [-0.25, -0.2) is 8.42 Å². The van der Waals surface area contributed by atoms with Gasteiger partial charge in [0.2, 0.25) is 16.3 Å². The summed E-state index contributed by atoms with van der Waals surface area (Å²) in [5.41, 5.74) is 1.04. The van der Waals surface area contributed by atoms with E-state index in [1.807, 2.05) is 36.4 Å². The molecule has 0 spiro atoms. The van der Waals surface area contributed by atoms with E-state index in [0.717, 1.165) is 24.8 Å². The quantitative estimate of drug-likeness (QED) is 0.434. The van der Waals surface area contributed by atoms with Crippen LogP contribution in [0, 0.1) is 0 Å². The van der Waals surface area contributed by atoms with Crippen LogP contribution in [-0.2, 0) is 24.3 Å². The number of aliphatic hydroxyl groups excluding tert-OH is 1. The molecule has 9 nitrogen and oxygen atoms in total. The first-order valence-electron chi connectivity index (χ1n) is 12.5. The number of carbonyl (C=O) groups excluding carboxylic acids is 1. The standard InChI is InChI=1S/C27H34N2O7S/c1-34-23-10-12-24(13-11-23)37(32,33)29(14-16-30)15-17-35-26-19-21(20-6-3-2-4-7-20)18-25(36-26)27(31)28-22-8-5-9-22/h2-4,6-7,10-13,18,21-22,26,30H,5,8-9,14-17,19H2,1H3,(H,28,31)/t21-,26+/m0/s1. The molecule has 1 aliphatic carbocycles. The van der Waals surface area contributed by atoms with Crippen LogP contribution in [0.25, 0.3) is 0 Å². The summed E-state index contributed by atoms with van der Waals surface area (Å²) in [5, 5.41) is 12.5. The molecule has 200 valence electrons. The highest BCUT2D eigenvalue weighted by Crippen LogP contribution is 2.32. The molecule has 2 atom stereocenters. The molecule has 2 aliphatic rings. The molecule has 37 heavy (non-hydrogen) atoms. The van der Waals surface area contributed by atoms with Gasteiger partial charge >= 0.3 is 0 Å². The Bertz CT molecular complexity index is 1170. The maximum absolute atomic E-state index is 13.1. The highest BCUT2D eigenvalue weighted by Gasteiger charge is 2.31. The fourth-order valence-corrected chi connectivity index (χ4v) is 5.72. The van der Waals surface area contributed by atoms with E-state index in [1.54, 1.807) is 12.1 Å². The smallest absolute Gasteiger partial charge is 0.286 e. The number of sulfonamides is 1. The first-order chi connectivity index (χ1) is 17.9. The van der Waals surface area contributed by atoms with Crippen LogP contribution >= 0.6 is 0 Å². The number of hydrogen-bond donors (Lipinski definition) is 2. The number of nitrogens with one attached hydrogen (secondary N) is 1. The number of methoxy groups -OCH3 is 1. The Balaban J connectivity index is 1.42. The summed E-state index contributed by atoms with van der Waals surface area (Å²) in [6.07, 6.45) is 4.61. The third-order valence-electron chi connectivity index (χ3n) is 6.64. The Hall–Kier alpha value is -2.92. The molecule has 1 amide bonds. The molecule has 10 heteroatoms. The second-order valence-electron chi connectivity index (χ2n) is 9.11. The predicted molar refractivity (Wildman–Crippen MR) is 137 cm³/mol. The van der Waals surface area contributed by atoms with Crippen LogP contribution in [-0.4, -0.2) is 69.5 Å². The van der Waals surface area contributed by atoms with E-state index in [4.69, 9.17) is 14.2 Å². The highest BCUT2D eigenvalue weighted by atomic mass is 32.2. The first-order valence-corrected chi connectivity index (χ1v) is 14.0. The van der Waals surface area contributed by atoms with E-state index in [9.17, 15) is 18.3 Å². The van der Waals surface area contributed by atoms with Crippen LogP contribution < -0.4 is 10.1 Å². The van der Waals surface area contributed by atoms with Gasteiger partial charge in [-0.05, 0) is 55.2 Å². The van der Waals surface area contributed by atoms with E-state index < -0.39 is 16.3 Å². The number of ether oxygens (including phenoxy) is 3. The lowest BCUT2D eigenvalue weighted by Crippen LogP contribution is -2.42. The van der Waals surface area contributed by atoms with Gasteiger partial charge in [-0.3, -0.25) is 4.79 Å². The van der Waals surface area contributed by atoms with Gasteiger partial charge in [0.25, 0.3) is 5.91 Å². The lowest BCUT2D eigenvalue weighted by Gasteiger charge is -2.32. The van der Waals surface area contributed by atoms with Crippen LogP contribution in [0.15, 0.2) is 71.3 Å². The number of allylic oxidation sites excluding steroid dienone is 1. The van der Waals surface area contributed by atoms with Crippen molar-refractivity contribution in [1.82, 2.24) is 9.62 Å².